The van der Waals surface area contributed by atoms with Crippen LogP contribution in [0.1, 0.15) is 17.5 Å². The number of nitrogens with zero attached hydrogens (tertiary/aromatic N) is 4. The summed E-state index contributed by atoms with van der Waals surface area (Å²) >= 11 is 18.3. The molecule has 3 aromatic rings. The molecule has 222 valence electrons. The third kappa shape index (κ3) is 7.55. The van der Waals surface area contributed by atoms with Crippen molar-refractivity contribution < 1.29 is 22.6 Å². The van der Waals surface area contributed by atoms with Crippen LogP contribution in [0.5, 0.6) is 0 Å². The number of piperazine rings is 1. The van der Waals surface area contributed by atoms with Gasteiger partial charge in [-0.1, -0.05) is 41.4 Å². The lowest BCUT2D eigenvalue weighted by Gasteiger charge is -2.41. The lowest BCUT2D eigenvalue weighted by Crippen LogP contribution is -2.49. The zero-order chi connectivity index (χ0) is 28.9. The summed E-state index contributed by atoms with van der Waals surface area (Å²) in [6, 6.07) is 13.4. The van der Waals surface area contributed by atoms with Crippen LogP contribution < -0.4 is 4.90 Å². The second-order valence-corrected chi connectivity index (χ2v) is 13.4. The SMILES string of the molecule is O=S(=O)(CCCCl)N1CCN(c2ccc(CO[C@H]3CO[C@](Cn4ccnc4)(c4ccc(Cl)cc4Cl)OC3)cc2)CC1. The monoisotopic (exact) mass is 642 g/mol. The Morgan fingerprint density at radius 3 is 2.39 bits per heavy atom. The van der Waals surface area contributed by atoms with Gasteiger partial charge in [-0.3, -0.25) is 0 Å². The van der Waals surface area contributed by atoms with E-state index in [1.54, 1.807) is 29.0 Å². The van der Waals surface area contributed by atoms with Crippen molar-refractivity contribution in [2.75, 3.05) is 55.9 Å². The molecule has 2 aliphatic heterocycles. The van der Waals surface area contributed by atoms with Gasteiger partial charge in [-0.2, -0.15) is 4.31 Å². The van der Waals surface area contributed by atoms with Crippen LogP contribution in [-0.4, -0.2) is 79.4 Å². The van der Waals surface area contributed by atoms with Crippen molar-refractivity contribution >= 4 is 50.5 Å². The first-order chi connectivity index (χ1) is 19.8. The Morgan fingerprint density at radius 2 is 1.76 bits per heavy atom. The molecular formula is C28H33Cl3N4O5S. The summed E-state index contributed by atoms with van der Waals surface area (Å²) in [6.45, 7) is 3.65. The molecule has 0 atom stereocenters. The molecule has 0 spiro atoms. The molecule has 2 saturated heterocycles. The summed E-state index contributed by atoms with van der Waals surface area (Å²) in [5, 5.41) is 0.999. The highest BCUT2D eigenvalue weighted by atomic mass is 35.5. The van der Waals surface area contributed by atoms with Gasteiger partial charge < -0.3 is 23.7 Å². The van der Waals surface area contributed by atoms with E-state index in [1.807, 2.05) is 41.1 Å². The zero-order valence-corrected chi connectivity index (χ0v) is 25.6. The van der Waals surface area contributed by atoms with Gasteiger partial charge in [0.1, 0.15) is 6.10 Å². The number of benzene rings is 2. The number of alkyl halides is 1. The van der Waals surface area contributed by atoms with E-state index >= 15 is 0 Å². The number of hydrogen-bond donors (Lipinski definition) is 0. The predicted octanol–water partition coefficient (Wildman–Crippen LogP) is 4.76. The number of aromatic nitrogens is 2. The molecule has 3 heterocycles. The fourth-order valence-corrected chi connectivity index (χ4v) is 7.33. The molecule has 0 bridgehead atoms. The molecule has 9 nitrogen and oxygen atoms in total. The average molecular weight is 644 g/mol. The Balaban J connectivity index is 1.14. The van der Waals surface area contributed by atoms with Crippen LogP contribution in [0, 0.1) is 0 Å². The van der Waals surface area contributed by atoms with E-state index in [-0.39, 0.29) is 11.9 Å². The molecule has 41 heavy (non-hydrogen) atoms. The summed E-state index contributed by atoms with van der Waals surface area (Å²) in [7, 11) is -3.25. The van der Waals surface area contributed by atoms with Gasteiger partial charge in [-0.05, 0) is 36.2 Å². The number of rotatable bonds is 11. The topological polar surface area (TPSA) is 86.1 Å². The number of anilines is 1. The van der Waals surface area contributed by atoms with Crippen LogP contribution in [0.15, 0.2) is 61.2 Å². The highest BCUT2D eigenvalue weighted by molar-refractivity contribution is 7.89. The van der Waals surface area contributed by atoms with E-state index in [9.17, 15) is 8.42 Å². The van der Waals surface area contributed by atoms with Gasteiger partial charge in [0.05, 0.1) is 43.5 Å². The standard InChI is InChI=1S/C28H33Cl3N4O5S/c29-8-1-15-41(36,37)35-13-11-34(12-14-35)24-5-2-22(3-6-24)17-38-25-18-39-28(40-19-25,20-33-10-9-32-21-33)26-7-4-23(30)16-27(26)31/h2-7,9-10,16,21,25H,1,8,11-15,17-20H2/t25-,28-. The Kier molecular flexibility index (Phi) is 10.1. The molecule has 0 saturated carbocycles. The van der Waals surface area contributed by atoms with Gasteiger partial charge in [0.25, 0.3) is 0 Å². The lowest BCUT2D eigenvalue weighted by molar-refractivity contribution is -0.313. The maximum Gasteiger partial charge on any atom is 0.215 e. The largest absolute Gasteiger partial charge is 0.369 e. The van der Waals surface area contributed by atoms with Crippen LogP contribution in [0.4, 0.5) is 5.69 Å². The zero-order valence-electron chi connectivity index (χ0n) is 22.5. The summed E-state index contributed by atoms with van der Waals surface area (Å²) in [5.41, 5.74) is 2.77. The van der Waals surface area contributed by atoms with Crippen molar-refractivity contribution in [3.63, 3.8) is 0 Å². The van der Waals surface area contributed by atoms with Crippen molar-refractivity contribution in [1.29, 1.82) is 0 Å². The van der Waals surface area contributed by atoms with Crippen LogP contribution in [-0.2, 0) is 43.2 Å². The van der Waals surface area contributed by atoms with E-state index in [4.69, 9.17) is 49.0 Å². The van der Waals surface area contributed by atoms with Crippen LogP contribution in [0.25, 0.3) is 0 Å². The molecule has 0 radical (unpaired) electrons. The Bertz CT molecular complexity index is 1380. The molecule has 0 N–H and O–H groups in total. The van der Waals surface area contributed by atoms with Gasteiger partial charge in [-0.15, -0.1) is 11.6 Å². The van der Waals surface area contributed by atoms with Crippen molar-refractivity contribution in [2.45, 2.75) is 31.5 Å². The molecule has 2 aromatic carbocycles. The molecule has 0 aliphatic carbocycles. The van der Waals surface area contributed by atoms with E-state index < -0.39 is 15.8 Å². The number of halogens is 3. The molecule has 0 unspecified atom stereocenters. The maximum atomic E-state index is 12.4. The number of ether oxygens (including phenoxy) is 3. The van der Waals surface area contributed by atoms with E-state index in [0.29, 0.717) is 80.5 Å². The van der Waals surface area contributed by atoms with Gasteiger partial charge in [0.2, 0.25) is 15.8 Å². The third-order valence-electron chi connectivity index (χ3n) is 7.25. The minimum atomic E-state index is -3.25. The first-order valence-corrected chi connectivity index (χ1v) is 16.4. The van der Waals surface area contributed by atoms with Gasteiger partial charge in [-0.25, -0.2) is 13.4 Å². The second kappa shape index (κ2) is 13.6. The molecular weight excluding hydrogens is 611 g/mol. The van der Waals surface area contributed by atoms with Crippen molar-refractivity contribution in [3.05, 3.63) is 82.4 Å². The quantitative estimate of drug-likeness (QED) is 0.279. The summed E-state index contributed by atoms with van der Waals surface area (Å²) in [5.74, 6) is -0.651. The summed E-state index contributed by atoms with van der Waals surface area (Å²) < 4.78 is 47.1. The fourth-order valence-electron chi connectivity index (χ4n) is 5.00. The maximum absolute atomic E-state index is 12.4. The molecule has 0 amide bonds. The summed E-state index contributed by atoms with van der Waals surface area (Å²) in [4.78, 5) is 6.32. The molecule has 1 aromatic heterocycles. The summed E-state index contributed by atoms with van der Waals surface area (Å²) in [6.07, 6.45) is 5.46. The van der Waals surface area contributed by atoms with Crippen molar-refractivity contribution in [3.8, 4) is 0 Å². The predicted molar refractivity (Wildman–Crippen MR) is 160 cm³/mol. The highest BCUT2D eigenvalue weighted by Gasteiger charge is 2.42. The lowest BCUT2D eigenvalue weighted by atomic mass is 10.0. The van der Waals surface area contributed by atoms with E-state index in [0.717, 1.165) is 11.3 Å². The second-order valence-electron chi connectivity index (χ2n) is 10.1. The average Bonchev–Trinajstić information content (AvgIpc) is 3.49. The van der Waals surface area contributed by atoms with E-state index in [1.165, 1.54) is 0 Å². The van der Waals surface area contributed by atoms with Crippen LogP contribution in [0.2, 0.25) is 10.0 Å². The Labute approximate surface area is 255 Å². The fraction of sp³-hybridized carbons (Fsp3) is 0.464. The Morgan fingerprint density at radius 1 is 1.02 bits per heavy atom. The van der Waals surface area contributed by atoms with Gasteiger partial charge in [0.15, 0.2) is 0 Å². The van der Waals surface area contributed by atoms with Gasteiger partial charge in [0, 0.05) is 60.7 Å². The third-order valence-corrected chi connectivity index (χ3v) is 10.0. The van der Waals surface area contributed by atoms with Crippen LogP contribution >= 0.6 is 34.8 Å². The van der Waals surface area contributed by atoms with Crippen molar-refractivity contribution in [1.82, 2.24) is 13.9 Å². The first kappa shape index (κ1) is 30.6. The molecule has 2 aliphatic rings. The van der Waals surface area contributed by atoms with E-state index in [2.05, 4.69) is 9.88 Å². The number of sulfonamides is 1. The van der Waals surface area contributed by atoms with Crippen LogP contribution in [0.3, 0.4) is 0 Å². The number of hydrogen-bond acceptors (Lipinski definition) is 7. The highest BCUT2D eigenvalue weighted by Crippen LogP contribution is 2.38. The smallest absolute Gasteiger partial charge is 0.215 e. The minimum Gasteiger partial charge on any atom is -0.369 e. The molecule has 2 fully saturated rings. The Hall–Kier alpha value is -1.89. The molecule has 13 heteroatoms. The normalized spacial score (nSPS) is 22.2. The number of imidazole rings is 1. The molecule has 5 rings (SSSR count). The minimum absolute atomic E-state index is 0.0999. The first-order valence-electron chi connectivity index (χ1n) is 13.5. The van der Waals surface area contributed by atoms with Gasteiger partial charge >= 0.3 is 0 Å². The van der Waals surface area contributed by atoms with Crippen molar-refractivity contribution in [2.24, 2.45) is 0 Å².